The molecule has 1 N–H and O–H groups in total. The zero-order chi connectivity index (χ0) is 12.8. The maximum Gasteiger partial charge on any atom is 0.303 e. The molecule has 1 unspecified atom stereocenters. The summed E-state index contributed by atoms with van der Waals surface area (Å²) in [5.41, 5.74) is 1.26. The summed E-state index contributed by atoms with van der Waals surface area (Å²) in [6.45, 7) is 3.61. The van der Waals surface area contributed by atoms with Gasteiger partial charge in [0.25, 0.3) is 0 Å². The number of thiophene rings is 1. The van der Waals surface area contributed by atoms with Crippen LogP contribution in [0.3, 0.4) is 0 Å². The fraction of sp³-hybridized carbons (Fsp3) is 0.615. The molecule has 1 saturated heterocycles. The van der Waals surface area contributed by atoms with E-state index in [-0.39, 0.29) is 12.5 Å². The van der Waals surface area contributed by atoms with Crippen molar-refractivity contribution in [3.05, 3.63) is 22.4 Å². The monoisotopic (exact) mass is 269 g/mol. The van der Waals surface area contributed by atoms with Crippen molar-refractivity contribution in [1.29, 1.82) is 0 Å². The molecule has 0 radical (unpaired) electrons. The molecule has 2 rings (SSSR count). The summed E-state index contributed by atoms with van der Waals surface area (Å²) in [5, 5.41) is 12.8. The quantitative estimate of drug-likeness (QED) is 0.806. The van der Waals surface area contributed by atoms with Gasteiger partial charge in [-0.15, -0.1) is 0 Å². The van der Waals surface area contributed by atoms with Crippen LogP contribution in [0.15, 0.2) is 16.8 Å². The van der Waals surface area contributed by atoms with Crippen LogP contribution in [-0.2, 0) is 9.53 Å². The zero-order valence-electron chi connectivity index (χ0n) is 10.4. The Labute approximate surface area is 111 Å². The highest BCUT2D eigenvalue weighted by Crippen LogP contribution is 2.24. The van der Waals surface area contributed by atoms with Crippen LogP contribution in [0.5, 0.6) is 0 Å². The molecule has 5 heteroatoms. The van der Waals surface area contributed by atoms with Crippen LogP contribution in [0.25, 0.3) is 0 Å². The van der Waals surface area contributed by atoms with Gasteiger partial charge in [0, 0.05) is 19.5 Å². The number of aliphatic carboxylic acids is 1. The van der Waals surface area contributed by atoms with E-state index in [9.17, 15) is 4.79 Å². The number of morpholine rings is 1. The highest BCUT2D eigenvalue weighted by atomic mass is 32.1. The number of ether oxygens (including phenoxy) is 1. The first-order chi connectivity index (χ1) is 8.75. The summed E-state index contributed by atoms with van der Waals surface area (Å²) >= 11 is 1.70. The lowest BCUT2D eigenvalue weighted by molar-refractivity contribution is -0.137. The highest BCUT2D eigenvalue weighted by molar-refractivity contribution is 7.07. The minimum Gasteiger partial charge on any atom is -0.481 e. The Morgan fingerprint density at radius 1 is 1.56 bits per heavy atom. The Hall–Kier alpha value is -0.910. The minimum absolute atomic E-state index is 0.185. The van der Waals surface area contributed by atoms with Gasteiger partial charge in [0.15, 0.2) is 0 Å². The lowest BCUT2D eigenvalue weighted by Gasteiger charge is -2.32. The average molecular weight is 269 g/mol. The van der Waals surface area contributed by atoms with Crippen LogP contribution < -0.4 is 0 Å². The van der Waals surface area contributed by atoms with Crippen LogP contribution in [0.2, 0.25) is 0 Å². The summed E-state index contributed by atoms with van der Waals surface area (Å²) in [6.07, 6.45) is 2.17. The van der Waals surface area contributed by atoms with Crippen molar-refractivity contribution in [3.63, 3.8) is 0 Å². The number of carboxylic acids is 1. The molecular weight excluding hydrogens is 250 g/mol. The zero-order valence-corrected chi connectivity index (χ0v) is 11.2. The molecule has 100 valence electrons. The van der Waals surface area contributed by atoms with E-state index in [0.717, 1.165) is 39.1 Å². The third-order valence-electron chi connectivity index (χ3n) is 3.18. The van der Waals surface area contributed by atoms with Crippen molar-refractivity contribution in [2.45, 2.75) is 25.4 Å². The Balaban J connectivity index is 1.72. The van der Waals surface area contributed by atoms with Crippen LogP contribution in [0.1, 0.15) is 30.9 Å². The van der Waals surface area contributed by atoms with E-state index in [1.807, 2.05) is 0 Å². The molecule has 0 spiro atoms. The Morgan fingerprint density at radius 2 is 2.44 bits per heavy atom. The average Bonchev–Trinajstić information content (AvgIpc) is 2.89. The first kappa shape index (κ1) is 13.5. The number of nitrogens with zero attached hydrogens (tertiary/aromatic N) is 1. The third kappa shape index (κ3) is 4.08. The van der Waals surface area contributed by atoms with E-state index in [2.05, 4.69) is 21.7 Å². The van der Waals surface area contributed by atoms with E-state index < -0.39 is 5.97 Å². The smallest absolute Gasteiger partial charge is 0.303 e. The predicted molar refractivity (Wildman–Crippen MR) is 70.9 cm³/mol. The molecule has 0 saturated carbocycles. The van der Waals surface area contributed by atoms with Gasteiger partial charge < -0.3 is 9.84 Å². The molecule has 1 aliphatic rings. The van der Waals surface area contributed by atoms with Gasteiger partial charge in [-0.25, -0.2) is 0 Å². The number of hydrogen-bond donors (Lipinski definition) is 1. The van der Waals surface area contributed by atoms with Crippen LogP contribution >= 0.6 is 11.3 Å². The second kappa shape index (κ2) is 6.87. The van der Waals surface area contributed by atoms with Crippen molar-refractivity contribution in [2.24, 2.45) is 0 Å². The van der Waals surface area contributed by atoms with E-state index in [1.54, 1.807) is 11.3 Å². The molecule has 0 aromatic carbocycles. The van der Waals surface area contributed by atoms with Gasteiger partial charge in [-0.3, -0.25) is 9.69 Å². The summed E-state index contributed by atoms with van der Waals surface area (Å²) in [7, 11) is 0. The lowest BCUT2D eigenvalue weighted by atomic mass is 10.1. The van der Waals surface area contributed by atoms with Crippen LogP contribution in [0, 0.1) is 0 Å². The van der Waals surface area contributed by atoms with Crippen molar-refractivity contribution in [1.82, 2.24) is 4.90 Å². The van der Waals surface area contributed by atoms with Crippen molar-refractivity contribution >= 4 is 17.3 Å². The normalized spacial score (nSPS) is 21.0. The predicted octanol–water partition coefficient (Wildman–Crippen LogP) is 2.38. The molecule has 1 fully saturated rings. The van der Waals surface area contributed by atoms with Gasteiger partial charge in [0.05, 0.1) is 12.7 Å². The van der Waals surface area contributed by atoms with E-state index in [4.69, 9.17) is 9.84 Å². The van der Waals surface area contributed by atoms with Gasteiger partial charge in [-0.2, -0.15) is 11.3 Å². The van der Waals surface area contributed by atoms with Crippen molar-refractivity contribution in [3.8, 4) is 0 Å². The standard InChI is InChI=1S/C13H19NO3S/c15-13(16)3-1-2-5-14-6-7-17-12(9-14)11-4-8-18-10-11/h4,8,10,12H,1-3,5-7,9H2,(H,15,16). The molecular formula is C13H19NO3S. The maximum absolute atomic E-state index is 10.4. The van der Waals surface area contributed by atoms with E-state index in [1.165, 1.54) is 5.56 Å². The fourth-order valence-electron chi connectivity index (χ4n) is 2.18. The van der Waals surface area contributed by atoms with Crippen molar-refractivity contribution in [2.75, 3.05) is 26.2 Å². The van der Waals surface area contributed by atoms with Gasteiger partial charge >= 0.3 is 5.97 Å². The molecule has 2 heterocycles. The van der Waals surface area contributed by atoms with Crippen LogP contribution in [-0.4, -0.2) is 42.2 Å². The first-order valence-electron chi connectivity index (χ1n) is 6.33. The summed E-state index contributed by atoms with van der Waals surface area (Å²) in [4.78, 5) is 12.8. The topological polar surface area (TPSA) is 49.8 Å². The summed E-state index contributed by atoms with van der Waals surface area (Å²) in [5.74, 6) is -0.701. The first-order valence-corrected chi connectivity index (χ1v) is 7.28. The van der Waals surface area contributed by atoms with Gasteiger partial charge in [0.1, 0.15) is 0 Å². The summed E-state index contributed by atoms with van der Waals surface area (Å²) < 4.78 is 5.77. The molecule has 1 aromatic heterocycles. The van der Waals surface area contributed by atoms with Gasteiger partial charge in [-0.1, -0.05) is 0 Å². The molecule has 0 bridgehead atoms. The Morgan fingerprint density at radius 3 is 3.17 bits per heavy atom. The molecule has 18 heavy (non-hydrogen) atoms. The van der Waals surface area contributed by atoms with Gasteiger partial charge in [-0.05, 0) is 41.8 Å². The second-order valence-electron chi connectivity index (χ2n) is 4.57. The molecule has 1 aromatic rings. The van der Waals surface area contributed by atoms with E-state index in [0.29, 0.717) is 0 Å². The third-order valence-corrected chi connectivity index (χ3v) is 3.88. The van der Waals surface area contributed by atoms with Crippen LogP contribution in [0.4, 0.5) is 0 Å². The largest absolute Gasteiger partial charge is 0.481 e. The number of carbonyl (C=O) groups is 1. The molecule has 4 nitrogen and oxygen atoms in total. The maximum atomic E-state index is 10.4. The summed E-state index contributed by atoms with van der Waals surface area (Å²) in [6, 6.07) is 2.11. The number of unbranched alkanes of at least 4 members (excludes halogenated alkanes) is 1. The lowest BCUT2D eigenvalue weighted by Crippen LogP contribution is -2.38. The van der Waals surface area contributed by atoms with Gasteiger partial charge in [0.2, 0.25) is 0 Å². The molecule has 1 aliphatic heterocycles. The number of hydrogen-bond acceptors (Lipinski definition) is 4. The fourth-order valence-corrected chi connectivity index (χ4v) is 2.88. The minimum atomic E-state index is -0.701. The number of carboxylic acid groups (broad SMARTS) is 1. The number of rotatable bonds is 6. The molecule has 0 aliphatic carbocycles. The molecule has 0 amide bonds. The van der Waals surface area contributed by atoms with Crippen molar-refractivity contribution < 1.29 is 14.6 Å². The highest BCUT2D eigenvalue weighted by Gasteiger charge is 2.21. The molecule has 1 atom stereocenters. The SMILES string of the molecule is O=C(O)CCCCN1CCOC(c2ccsc2)C1. The second-order valence-corrected chi connectivity index (χ2v) is 5.35. The Kier molecular flexibility index (Phi) is 5.16. The Bertz CT molecular complexity index is 366. The van der Waals surface area contributed by atoms with E-state index >= 15 is 0 Å².